The van der Waals surface area contributed by atoms with Gasteiger partial charge in [-0.1, -0.05) is 15.9 Å². The van der Waals surface area contributed by atoms with Gasteiger partial charge in [-0.2, -0.15) is 0 Å². The van der Waals surface area contributed by atoms with E-state index in [4.69, 9.17) is 4.74 Å². The van der Waals surface area contributed by atoms with Gasteiger partial charge in [-0.3, -0.25) is 4.79 Å². The molecule has 0 unspecified atom stereocenters. The first-order valence-electron chi connectivity index (χ1n) is 5.96. The van der Waals surface area contributed by atoms with Crippen molar-refractivity contribution < 1.29 is 14.3 Å². The highest BCUT2D eigenvalue weighted by molar-refractivity contribution is 9.10. The Morgan fingerprint density at radius 2 is 2.26 bits per heavy atom. The summed E-state index contributed by atoms with van der Waals surface area (Å²) in [5, 5.41) is 0. The van der Waals surface area contributed by atoms with Crippen LogP contribution in [0.2, 0.25) is 0 Å². The minimum absolute atomic E-state index is 0.314. The minimum atomic E-state index is -0.314. The van der Waals surface area contributed by atoms with E-state index in [-0.39, 0.29) is 5.97 Å². The number of rotatable bonds is 2. The number of anilines is 1. The van der Waals surface area contributed by atoms with Gasteiger partial charge in [-0.05, 0) is 42.7 Å². The lowest BCUT2D eigenvalue weighted by Crippen LogP contribution is -2.24. The third kappa shape index (κ3) is 3.04. The molecule has 1 aliphatic heterocycles. The van der Waals surface area contributed by atoms with Gasteiger partial charge in [0.05, 0.1) is 12.8 Å². The minimum Gasteiger partial charge on any atom is -0.466 e. The molecule has 1 amide bonds. The van der Waals surface area contributed by atoms with Crippen LogP contribution in [-0.2, 0) is 14.3 Å². The first kappa shape index (κ1) is 13.8. The fourth-order valence-electron chi connectivity index (χ4n) is 2.12. The summed E-state index contributed by atoms with van der Waals surface area (Å²) in [6.07, 6.45) is 3.95. The number of fused-ring (bicyclic) bond motifs is 1. The van der Waals surface area contributed by atoms with Gasteiger partial charge in [0.15, 0.2) is 0 Å². The number of nitrogens with zero attached hydrogens (tertiary/aromatic N) is 1. The fourth-order valence-corrected chi connectivity index (χ4v) is 2.50. The second-order valence-electron chi connectivity index (χ2n) is 4.27. The Morgan fingerprint density at radius 3 is 2.95 bits per heavy atom. The zero-order valence-electron chi connectivity index (χ0n) is 10.6. The van der Waals surface area contributed by atoms with Crippen molar-refractivity contribution >= 4 is 40.1 Å². The number of hydrogen-bond donors (Lipinski definition) is 0. The van der Waals surface area contributed by atoms with Crippen LogP contribution in [-0.4, -0.2) is 26.0 Å². The molecule has 0 fully saturated rings. The molecule has 0 saturated heterocycles. The van der Waals surface area contributed by atoms with Crippen LogP contribution >= 0.6 is 15.9 Å². The maximum absolute atomic E-state index is 11.7. The molecule has 0 aromatic heterocycles. The Bertz CT molecular complexity index is 539. The van der Waals surface area contributed by atoms with Gasteiger partial charge in [0.25, 0.3) is 0 Å². The van der Waals surface area contributed by atoms with Crippen LogP contribution in [0.25, 0.3) is 6.08 Å². The molecular weight excluding hydrogens is 310 g/mol. The van der Waals surface area contributed by atoms with Crippen LogP contribution in [0.15, 0.2) is 28.2 Å². The molecular formula is C14H14BrNO3. The van der Waals surface area contributed by atoms with Crippen molar-refractivity contribution in [2.45, 2.75) is 12.8 Å². The van der Waals surface area contributed by atoms with E-state index in [0.717, 1.165) is 28.6 Å². The van der Waals surface area contributed by atoms with E-state index < -0.39 is 0 Å². The molecule has 0 bridgehead atoms. The lowest BCUT2D eigenvalue weighted by Gasteiger charge is -2.22. The van der Waals surface area contributed by atoms with Crippen molar-refractivity contribution in [3.63, 3.8) is 0 Å². The third-order valence-corrected chi connectivity index (χ3v) is 3.54. The number of methoxy groups -OCH3 is 1. The fraction of sp³-hybridized carbons (Fsp3) is 0.286. The van der Waals surface area contributed by atoms with E-state index in [1.165, 1.54) is 7.11 Å². The molecule has 0 saturated carbocycles. The van der Waals surface area contributed by atoms with E-state index in [9.17, 15) is 9.59 Å². The second-order valence-corrected chi connectivity index (χ2v) is 5.18. The normalized spacial score (nSPS) is 17.6. The van der Waals surface area contributed by atoms with E-state index >= 15 is 0 Å². The highest BCUT2D eigenvalue weighted by Gasteiger charge is 2.17. The molecule has 2 rings (SSSR count). The summed E-state index contributed by atoms with van der Waals surface area (Å²) in [7, 11) is 1.38. The smallest absolute Gasteiger partial charge is 0.333 e. The van der Waals surface area contributed by atoms with E-state index in [0.29, 0.717) is 18.5 Å². The van der Waals surface area contributed by atoms with Crippen LogP contribution in [0.4, 0.5) is 5.69 Å². The standard InChI is InChI=1S/C14H14BrNO3/c1-19-14(18)10-3-2-6-16(9-17)13-5-4-12(15)8-11(13)7-10/h4-5,7-9H,2-3,6H2,1H3/b10-7+. The Balaban J connectivity index is 2.52. The predicted octanol–water partition coefficient (Wildman–Crippen LogP) is 2.76. The largest absolute Gasteiger partial charge is 0.466 e. The lowest BCUT2D eigenvalue weighted by molar-refractivity contribution is -0.136. The molecule has 1 aliphatic rings. The first-order valence-corrected chi connectivity index (χ1v) is 6.75. The summed E-state index contributed by atoms with van der Waals surface area (Å²) in [5.74, 6) is -0.314. The van der Waals surface area contributed by atoms with Crippen molar-refractivity contribution in [3.05, 3.63) is 33.8 Å². The summed E-state index contributed by atoms with van der Waals surface area (Å²) >= 11 is 3.40. The summed E-state index contributed by atoms with van der Waals surface area (Å²) in [6, 6.07) is 5.63. The second kappa shape index (κ2) is 6.02. The number of carbonyl (C=O) groups excluding carboxylic acids is 2. The highest BCUT2D eigenvalue weighted by atomic mass is 79.9. The van der Waals surface area contributed by atoms with Gasteiger partial charge in [0.2, 0.25) is 6.41 Å². The summed E-state index contributed by atoms with van der Waals surface area (Å²) in [4.78, 5) is 24.5. The Labute approximate surface area is 120 Å². The molecule has 19 heavy (non-hydrogen) atoms. The molecule has 1 aromatic carbocycles. The van der Waals surface area contributed by atoms with Crippen LogP contribution < -0.4 is 4.90 Å². The van der Waals surface area contributed by atoms with Crippen molar-refractivity contribution in [2.24, 2.45) is 0 Å². The van der Waals surface area contributed by atoms with Gasteiger partial charge in [0.1, 0.15) is 0 Å². The topological polar surface area (TPSA) is 46.6 Å². The summed E-state index contributed by atoms with van der Waals surface area (Å²) < 4.78 is 5.68. The number of benzene rings is 1. The SMILES string of the molecule is COC(=O)/C1=C/c2cc(Br)ccc2N(C=O)CCC1. The van der Waals surface area contributed by atoms with Crippen LogP contribution in [0, 0.1) is 0 Å². The molecule has 5 heteroatoms. The zero-order valence-corrected chi connectivity index (χ0v) is 12.1. The van der Waals surface area contributed by atoms with E-state index in [2.05, 4.69) is 15.9 Å². The maximum atomic E-state index is 11.7. The van der Waals surface area contributed by atoms with Crippen LogP contribution in [0.3, 0.4) is 0 Å². The van der Waals surface area contributed by atoms with Crippen molar-refractivity contribution in [1.82, 2.24) is 0 Å². The van der Waals surface area contributed by atoms with Gasteiger partial charge in [-0.25, -0.2) is 4.79 Å². The molecule has 1 aromatic rings. The monoisotopic (exact) mass is 323 g/mol. The van der Waals surface area contributed by atoms with Crippen LogP contribution in [0.1, 0.15) is 18.4 Å². The molecule has 0 N–H and O–H groups in total. The quantitative estimate of drug-likeness (QED) is 0.621. The molecule has 100 valence electrons. The molecule has 1 heterocycles. The average molecular weight is 324 g/mol. The molecule has 4 nitrogen and oxygen atoms in total. The van der Waals surface area contributed by atoms with Gasteiger partial charge < -0.3 is 9.64 Å². The predicted molar refractivity (Wildman–Crippen MR) is 76.8 cm³/mol. The summed E-state index contributed by atoms with van der Waals surface area (Å²) in [6.45, 7) is 0.590. The van der Waals surface area contributed by atoms with Crippen LogP contribution in [0.5, 0.6) is 0 Å². The van der Waals surface area contributed by atoms with Gasteiger partial charge >= 0.3 is 5.97 Å². The average Bonchev–Trinajstić information content (AvgIpc) is 2.39. The lowest BCUT2D eigenvalue weighted by atomic mass is 10.0. The number of ether oxygens (including phenoxy) is 1. The van der Waals surface area contributed by atoms with Gasteiger partial charge in [-0.15, -0.1) is 0 Å². The molecule has 0 radical (unpaired) electrons. The number of carbonyl (C=O) groups is 2. The zero-order chi connectivity index (χ0) is 13.8. The third-order valence-electron chi connectivity index (χ3n) is 3.05. The van der Waals surface area contributed by atoms with E-state index in [1.807, 2.05) is 18.2 Å². The van der Waals surface area contributed by atoms with Crippen molar-refractivity contribution in [3.8, 4) is 0 Å². The van der Waals surface area contributed by atoms with Crippen molar-refractivity contribution in [2.75, 3.05) is 18.6 Å². The Hall–Kier alpha value is -1.62. The molecule has 0 atom stereocenters. The number of esters is 1. The number of halogens is 1. The van der Waals surface area contributed by atoms with Gasteiger partial charge in [0, 0.05) is 16.6 Å². The maximum Gasteiger partial charge on any atom is 0.333 e. The number of hydrogen-bond acceptors (Lipinski definition) is 3. The summed E-state index contributed by atoms with van der Waals surface area (Å²) in [5.41, 5.74) is 2.27. The molecule has 0 aliphatic carbocycles. The Morgan fingerprint density at radius 1 is 1.47 bits per heavy atom. The highest BCUT2D eigenvalue weighted by Crippen LogP contribution is 2.29. The number of amides is 1. The Kier molecular flexibility index (Phi) is 4.37. The van der Waals surface area contributed by atoms with E-state index in [1.54, 1.807) is 11.0 Å². The molecule has 0 spiro atoms. The van der Waals surface area contributed by atoms with Crippen molar-refractivity contribution in [1.29, 1.82) is 0 Å². The first-order chi connectivity index (χ1) is 9.15.